The topological polar surface area (TPSA) is 57.6 Å². The molecule has 12 heavy (non-hydrogen) atoms. The van der Waals surface area contributed by atoms with Crippen LogP contribution in [0.25, 0.3) is 0 Å². The summed E-state index contributed by atoms with van der Waals surface area (Å²) < 4.78 is 0. The number of aliphatic hydroxyl groups is 1. The first kappa shape index (κ1) is 9.19. The molecule has 1 heterocycles. The van der Waals surface area contributed by atoms with Gasteiger partial charge in [0.1, 0.15) is 11.9 Å². The minimum Gasteiger partial charge on any atom is -0.384 e. The summed E-state index contributed by atoms with van der Waals surface area (Å²) in [7, 11) is 0. The quantitative estimate of drug-likeness (QED) is 0.581. The lowest BCUT2D eigenvalue weighted by molar-refractivity contribution is -0.141. The number of ketones is 1. The fourth-order valence-electron chi connectivity index (χ4n) is 1.24. The van der Waals surface area contributed by atoms with E-state index in [2.05, 4.69) is 0 Å². The van der Waals surface area contributed by atoms with E-state index in [0.29, 0.717) is 25.9 Å². The van der Waals surface area contributed by atoms with Gasteiger partial charge >= 0.3 is 0 Å². The van der Waals surface area contributed by atoms with E-state index in [1.54, 1.807) is 0 Å². The molecule has 1 saturated heterocycles. The summed E-state index contributed by atoms with van der Waals surface area (Å²) in [6.45, 7) is 2.36. The molecule has 0 spiro atoms. The normalized spacial score (nSPS) is 20.8. The summed E-state index contributed by atoms with van der Waals surface area (Å²) >= 11 is 0. The first-order valence-corrected chi connectivity index (χ1v) is 4.10. The number of Topliss-reactive ketones (excluding diaryl/α,β-unsaturated/α-hetero) is 1. The third-order valence-electron chi connectivity index (χ3n) is 1.99. The molecular weight excluding hydrogens is 158 g/mol. The fourth-order valence-corrected chi connectivity index (χ4v) is 1.24. The molecule has 1 N–H and O–H groups in total. The van der Waals surface area contributed by atoms with Gasteiger partial charge in [0, 0.05) is 25.9 Å². The number of nitrogens with zero attached hydrogens (tertiary/aromatic N) is 1. The van der Waals surface area contributed by atoms with Crippen molar-refractivity contribution in [3.05, 3.63) is 0 Å². The van der Waals surface area contributed by atoms with Crippen molar-refractivity contribution in [2.75, 3.05) is 13.1 Å². The van der Waals surface area contributed by atoms with Gasteiger partial charge in [-0.3, -0.25) is 9.59 Å². The third-order valence-corrected chi connectivity index (χ3v) is 1.99. The first-order valence-electron chi connectivity index (χ1n) is 4.10. The predicted molar refractivity (Wildman–Crippen MR) is 42.5 cm³/mol. The molecule has 0 saturated carbocycles. The number of amides is 1. The Bertz CT molecular complexity index is 190. The Balaban J connectivity index is 2.44. The SMILES string of the molecule is C[C@H](O)C(=O)N1CCC(=O)CC1. The zero-order chi connectivity index (χ0) is 9.14. The van der Waals surface area contributed by atoms with Crippen LogP contribution in [0.15, 0.2) is 0 Å². The van der Waals surface area contributed by atoms with E-state index in [-0.39, 0.29) is 11.7 Å². The molecule has 0 aromatic rings. The van der Waals surface area contributed by atoms with Crippen LogP contribution in [-0.2, 0) is 9.59 Å². The van der Waals surface area contributed by atoms with E-state index in [1.165, 1.54) is 11.8 Å². The number of piperidine rings is 1. The van der Waals surface area contributed by atoms with Gasteiger partial charge in [0.15, 0.2) is 0 Å². The molecular formula is C8H13NO3. The van der Waals surface area contributed by atoms with Gasteiger partial charge < -0.3 is 10.0 Å². The molecule has 0 aliphatic carbocycles. The second-order valence-corrected chi connectivity index (χ2v) is 3.04. The highest BCUT2D eigenvalue weighted by molar-refractivity contribution is 5.85. The average Bonchev–Trinajstić information content (AvgIpc) is 2.04. The Hall–Kier alpha value is -0.900. The van der Waals surface area contributed by atoms with Gasteiger partial charge in [0.05, 0.1) is 0 Å². The number of hydrogen-bond acceptors (Lipinski definition) is 3. The van der Waals surface area contributed by atoms with Crippen molar-refractivity contribution in [2.45, 2.75) is 25.9 Å². The highest BCUT2D eigenvalue weighted by atomic mass is 16.3. The van der Waals surface area contributed by atoms with Crippen molar-refractivity contribution < 1.29 is 14.7 Å². The van der Waals surface area contributed by atoms with Crippen LogP contribution in [0.3, 0.4) is 0 Å². The van der Waals surface area contributed by atoms with Gasteiger partial charge in [0.25, 0.3) is 5.91 Å². The standard InChI is InChI=1S/C8H13NO3/c1-6(10)8(12)9-4-2-7(11)3-5-9/h6,10H,2-5H2,1H3/t6-/m0/s1. The van der Waals surface area contributed by atoms with Crippen LogP contribution in [-0.4, -0.2) is 40.9 Å². The van der Waals surface area contributed by atoms with E-state index in [1.807, 2.05) is 0 Å². The van der Waals surface area contributed by atoms with Crippen LogP contribution in [0.5, 0.6) is 0 Å². The molecule has 4 nitrogen and oxygen atoms in total. The lowest BCUT2D eigenvalue weighted by Crippen LogP contribution is -2.43. The Morgan fingerprint density at radius 3 is 2.42 bits per heavy atom. The molecule has 1 aliphatic rings. The van der Waals surface area contributed by atoms with Crippen molar-refractivity contribution >= 4 is 11.7 Å². The van der Waals surface area contributed by atoms with E-state index < -0.39 is 6.10 Å². The Morgan fingerprint density at radius 1 is 1.50 bits per heavy atom. The van der Waals surface area contributed by atoms with Gasteiger partial charge in [-0.2, -0.15) is 0 Å². The van der Waals surface area contributed by atoms with Crippen LogP contribution < -0.4 is 0 Å². The molecule has 0 radical (unpaired) electrons. The number of carbonyl (C=O) groups is 2. The number of aliphatic hydroxyl groups excluding tert-OH is 1. The van der Waals surface area contributed by atoms with Crippen molar-refractivity contribution in [1.29, 1.82) is 0 Å². The summed E-state index contributed by atoms with van der Waals surface area (Å²) in [5.74, 6) is -0.0767. The summed E-state index contributed by atoms with van der Waals surface area (Å²) in [6.07, 6.45) is -0.0881. The smallest absolute Gasteiger partial charge is 0.251 e. The maximum Gasteiger partial charge on any atom is 0.251 e. The van der Waals surface area contributed by atoms with Crippen molar-refractivity contribution in [2.24, 2.45) is 0 Å². The van der Waals surface area contributed by atoms with Crippen LogP contribution in [0, 0.1) is 0 Å². The molecule has 1 rings (SSSR count). The monoisotopic (exact) mass is 171 g/mol. The zero-order valence-corrected chi connectivity index (χ0v) is 7.12. The van der Waals surface area contributed by atoms with Gasteiger partial charge in [-0.25, -0.2) is 0 Å². The fraction of sp³-hybridized carbons (Fsp3) is 0.750. The molecule has 1 amide bonds. The molecule has 0 bridgehead atoms. The highest BCUT2D eigenvalue weighted by Gasteiger charge is 2.23. The summed E-state index contributed by atoms with van der Waals surface area (Å²) in [4.78, 5) is 23.5. The lowest BCUT2D eigenvalue weighted by atomic mass is 10.1. The van der Waals surface area contributed by atoms with E-state index in [4.69, 9.17) is 5.11 Å². The van der Waals surface area contributed by atoms with Crippen molar-refractivity contribution in [3.63, 3.8) is 0 Å². The minimum atomic E-state index is -0.946. The number of carbonyl (C=O) groups excluding carboxylic acids is 2. The van der Waals surface area contributed by atoms with Gasteiger partial charge in [-0.1, -0.05) is 0 Å². The molecule has 1 fully saturated rings. The average molecular weight is 171 g/mol. The Morgan fingerprint density at radius 2 is 2.00 bits per heavy atom. The predicted octanol–water partition coefficient (Wildman–Crippen LogP) is -0.441. The Labute approximate surface area is 71.2 Å². The molecule has 0 aromatic heterocycles. The van der Waals surface area contributed by atoms with Crippen LogP contribution in [0.2, 0.25) is 0 Å². The summed E-state index contributed by atoms with van der Waals surface area (Å²) in [5.41, 5.74) is 0. The molecule has 4 heteroatoms. The number of rotatable bonds is 1. The molecule has 1 aliphatic heterocycles. The van der Waals surface area contributed by atoms with E-state index >= 15 is 0 Å². The second kappa shape index (κ2) is 3.67. The minimum absolute atomic E-state index is 0.199. The van der Waals surface area contributed by atoms with Gasteiger partial charge in [-0.05, 0) is 6.92 Å². The van der Waals surface area contributed by atoms with Gasteiger partial charge in [-0.15, -0.1) is 0 Å². The maximum atomic E-state index is 11.2. The summed E-state index contributed by atoms with van der Waals surface area (Å²) in [6, 6.07) is 0. The highest BCUT2D eigenvalue weighted by Crippen LogP contribution is 2.06. The number of hydrogen-bond donors (Lipinski definition) is 1. The van der Waals surface area contributed by atoms with Crippen LogP contribution >= 0.6 is 0 Å². The Kier molecular flexibility index (Phi) is 2.81. The first-order chi connectivity index (χ1) is 5.61. The third kappa shape index (κ3) is 2.04. The number of likely N-dealkylation sites (tertiary alicyclic amines) is 1. The molecule has 0 aromatic carbocycles. The summed E-state index contributed by atoms with van der Waals surface area (Å²) in [5, 5.41) is 8.96. The van der Waals surface area contributed by atoms with Crippen LogP contribution in [0.1, 0.15) is 19.8 Å². The molecule has 0 unspecified atom stereocenters. The van der Waals surface area contributed by atoms with Gasteiger partial charge in [0.2, 0.25) is 0 Å². The molecule has 68 valence electrons. The zero-order valence-electron chi connectivity index (χ0n) is 7.12. The van der Waals surface area contributed by atoms with Crippen LogP contribution in [0.4, 0.5) is 0 Å². The van der Waals surface area contributed by atoms with Crippen molar-refractivity contribution in [3.8, 4) is 0 Å². The maximum absolute atomic E-state index is 11.2. The van der Waals surface area contributed by atoms with E-state index in [0.717, 1.165) is 0 Å². The van der Waals surface area contributed by atoms with E-state index in [9.17, 15) is 9.59 Å². The second-order valence-electron chi connectivity index (χ2n) is 3.04. The largest absolute Gasteiger partial charge is 0.384 e. The lowest BCUT2D eigenvalue weighted by Gasteiger charge is -2.26. The molecule has 1 atom stereocenters. The van der Waals surface area contributed by atoms with Crippen molar-refractivity contribution in [1.82, 2.24) is 4.90 Å².